The molecular formula is C22H21NO6. The number of anilines is 1. The minimum absolute atomic E-state index is 0.0329. The van der Waals surface area contributed by atoms with Crippen molar-refractivity contribution in [3.05, 3.63) is 59.4 Å². The van der Waals surface area contributed by atoms with Crippen molar-refractivity contribution in [1.29, 1.82) is 0 Å². The van der Waals surface area contributed by atoms with Crippen LogP contribution in [0.25, 0.3) is 11.0 Å². The van der Waals surface area contributed by atoms with E-state index in [2.05, 4.69) is 5.32 Å². The number of rotatable bonds is 7. The van der Waals surface area contributed by atoms with Crippen LogP contribution in [0.4, 0.5) is 5.69 Å². The Kier molecular flexibility index (Phi) is 5.97. The summed E-state index contributed by atoms with van der Waals surface area (Å²) in [5.41, 5.74) is 1.88. The highest BCUT2D eigenvalue weighted by atomic mass is 16.5. The highest BCUT2D eigenvalue weighted by Gasteiger charge is 2.21. The van der Waals surface area contributed by atoms with Gasteiger partial charge in [-0.1, -0.05) is 12.1 Å². The van der Waals surface area contributed by atoms with Crippen molar-refractivity contribution in [2.75, 3.05) is 18.5 Å². The molecular weight excluding hydrogens is 374 g/mol. The normalized spacial score (nSPS) is 10.6. The Bertz CT molecular complexity index is 1080. The van der Waals surface area contributed by atoms with Crippen LogP contribution in [0.2, 0.25) is 0 Å². The zero-order valence-electron chi connectivity index (χ0n) is 16.4. The van der Waals surface area contributed by atoms with Crippen molar-refractivity contribution in [3.63, 3.8) is 0 Å². The number of carbonyl (C=O) groups excluding carboxylic acids is 3. The average molecular weight is 395 g/mol. The lowest BCUT2D eigenvalue weighted by molar-refractivity contribution is -0.119. The van der Waals surface area contributed by atoms with Gasteiger partial charge in [0.15, 0.2) is 12.4 Å². The minimum Gasteiger partial charge on any atom is -0.494 e. The van der Waals surface area contributed by atoms with Crippen LogP contribution in [0.5, 0.6) is 5.75 Å². The SMILES string of the molecule is CCOc1ccc2oc(C(=O)OCC(=O)Nc3ccccc3C(C)=O)c(C)c2c1. The number of Topliss-reactive ketones (excluding diaryl/α,β-unsaturated/α-hetero) is 1. The Morgan fingerprint density at radius 3 is 2.59 bits per heavy atom. The number of fused-ring (bicyclic) bond motifs is 1. The Labute approximate surface area is 167 Å². The molecule has 0 aliphatic rings. The van der Waals surface area contributed by atoms with Gasteiger partial charge >= 0.3 is 5.97 Å². The highest BCUT2D eigenvalue weighted by Crippen LogP contribution is 2.29. The standard InChI is InChI=1S/C22H21NO6/c1-4-27-15-9-10-19-17(11-15)13(2)21(29-19)22(26)28-12-20(25)23-18-8-6-5-7-16(18)14(3)24/h5-11H,4,12H2,1-3H3,(H,23,25). The second kappa shape index (κ2) is 8.60. The lowest BCUT2D eigenvalue weighted by Crippen LogP contribution is -2.22. The summed E-state index contributed by atoms with van der Waals surface area (Å²) in [4.78, 5) is 36.2. The summed E-state index contributed by atoms with van der Waals surface area (Å²) in [7, 11) is 0. The average Bonchev–Trinajstić information content (AvgIpc) is 3.03. The number of para-hydroxylation sites is 1. The Balaban J connectivity index is 1.68. The van der Waals surface area contributed by atoms with Crippen LogP contribution >= 0.6 is 0 Å². The molecule has 7 heteroatoms. The first-order valence-electron chi connectivity index (χ1n) is 9.13. The van der Waals surface area contributed by atoms with Gasteiger partial charge in [0.1, 0.15) is 11.3 Å². The van der Waals surface area contributed by atoms with Crippen molar-refractivity contribution in [2.45, 2.75) is 20.8 Å². The summed E-state index contributed by atoms with van der Waals surface area (Å²) in [6.45, 7) is 5.05. The molecule has 150 valence electrons. The summed E-state index contributed by atoms with van der Waals surface area (Å²) in [6, 6.07) is 11.9. The smallest absolute Gasteiger partial charge is 0.375 e. The maximum atomic E-state index is 12.4. The largest absolute Gasteiger partial charge is 0.494 e. The van der Waals surface area contributed by atoms with Gasteiger partial charge in [0.2, 0.25) is 5.76 Å². The molecule has 0 spiro atoms. The number of ether oxygens (including phenoxy) is 2. The van der Waals surface area contributed by atoms with Crippen LogP contribution in [-0.2, 0) is 9.53 Å². The maximum Gasteiger partial charge on any atom is 0.375 e. The van der Waals surface area contributed by atoms with Gasteiger partial charge in [-0.05, 0) is 51.1 Å². The van der Waals surface area contributed by atoms with Gasteiger partial charge in [-0.15, -0.1) is 0 Å². The highest BCUT2D eigenvalue weighted by molar-refractivity contribution is 6.04. The number of hydrogen-bond acceptors (Lipinski definition) is 6. The third kappa shape index (κ3) is 4.45. The molecule has 1 N–H and O–H groups in total. The number of carbonyl (C=O) groups is 3. The fourth-order valence-electron chi connectivity index (χ4n) is 2.93. The molecule has 0 unspecified atom stereocenters. The number of furan rings is 1. The molecule has 3 aromatic rings. The number of hydrogen-bond donors (Lipinski definition) is 1. The van der Waals surface area contributed by atoms with Crippen LogP contribution < -0.4 is 10.1 Å². The molecule has 0 atom stereocenters. The topological polar surface area (TPSA) is 94.8 Å². The Morgan fingerprint density at radius 2 is 1.86 bits per heavy atom. The first-order valence-corrected chi connectivity index (χ1v) is 9.13. The van der Waals surface area contributed by atoms with Gasteiger partial charge in [-0.2, -0.15) is 0 Å². The molecule has 1 heterocycles. The number of benzene rings is 2. The lowest BCUT2D eigenvalue weighted by Gasteiger charge is -2.09. The first kappa shape index (κ1) is 20.1. The number of aryl methyl sites for hydroxylation is 1. The molecule has 1 aromatic heterocycles. The zero-order valence-corrected chi connectivity index (χ0v) is 16.4. The van der Waals surface area contributed by atoms with Gasteiger partial charge in [-0.3, -0.25) is 9.59 Å². The molecule has 0 radical (unpaired) electrons. The van der Waals surface area contributed by atoms with E-state index in [0.29, 0.717) is 34.8 Å². The molecule has 0 aliphatic carbocycles. The number of esters is 1. The molecule has 3 rings (SSSR count). The van der Waals surface area contributed by atoms with E-state index < -0.39 is 18.5 Å². The van der Waals surface area contributed by atoms with Crippen molar-refractivity contribution in [3.8, 4) is 5.75 Å². The van der Waals surface area contributed by atoms with E-state index in [1.165, 1.54) is 6.92 Å². The molecule has 7 nitrogen and oxygen atoms in total. The summed E-state index contributed by atoms with van der Waals surface area (Å²) in [5.74, 6) is -0.772. The van der Waals surface area contributed by atoms with Gasteiger partial charge < -0.3 is 19.2 Å². The summed E-state index contributed by atoms with van der Waals surface area (Å²) < 4.78 is 16.1. The molecule has 29 heavy (non-hydrogen) atoms. The second-order valence-corrected chi connectivity index (χ2v) is 6.37. The van der Waals surface area contributed by atoms with Crippen LogP contribution in [0.1, 0.15) is 40.3 Å². The monoisotopic (exact) mass is 395 g/mol. The molecule has 0 fully saturated rings. The molecule has 0 saturated carbocycles. The third-order valence-electron chi connectivity index (χ3n) is 4.32. The minimum atomic E-state index is -0.744. The predicted molar refractivity (Wildman–Crippen MR) is 107 cm³/mol. The van der Waals surface area contributed by atoms with E-state index in [0.717, 1.165) is 5.39 Å². The van der Waals surface area contributed by atoms with Crippen molar-refractivity contribution in [1.82, 2.24) is 0 Å². The molecule has 0 saturated heterocycles. The third-order valence-corrected chi connectivity index (χ3v) is 4.32. The zero-order chi connectivity index (χ0) is 21.0. The van der Waals surface area contributed by atoms with Gasteiger partial charge in [0.05, 0.1) is 12.3 Å². The van der Waals surface area contributed by atoms with Crippen LogP contribution in [0.15, 0.2) is 46.9 Å². The quantitative estimate of drug-likeness (QED) is 0.477. The number of nitrogens with one attached hydrogen (secondary N) is 1. The fraction of sp³-hybridized carbons (Fsp3) is 0.227. The summed E-state index contributed by atoms with van der Waals surface area (Å²) in [6.07, 6.45) is 0. The number of ketones is 1. The fourth-order valence-corrected chi connectivity index (χ4v) is 2.93. The first-order chi connectivity index (χ1) is 13.9. The van der Waals surface area contributed by atoms with Gasteiger partial charge in [0.25, 0.3) is 5.91 Å². The van der Waals surface area contributed by atoms with Crippen molar-refractivity contribution >= 4 is 34.3 Å². The Morgan fingerprint density at radius 1 is 1.10 bits per heavy atom. The van der Waals surface area contributed by atoms with E-state index in [4.69, 9.17) is 13.9 Å². The van der Waals surface area contributed by atoms with Crippen molar-refractivity contribution < 1.29 is 28.3 Å². The predicted octanol–water partition coefficient (Wildman–Crippen LogP) is 4.14. The van der Waals surface area contributed by atoms with Crippen LogP contribution in [-0.4, -0.2) is 30.9 Å². The van der Waals surface area contributed by atoms with Gasteiger partial charge in [0, 0.05) is 16.5 Å². The number of amides is 1. The second-order valence-electron chi connectivity index (χ2n) is 6.37. The molecule has 1 amide bonds. The van der Waals surface area contributed by atoms with Crippen LogP contribution in [0, 0.1) is 6.92 Å². The molecule has 0 aliphatic heterocycles. The maximum absolute atomic E-state index is 12.4. The van der Waals surface area contributed by atoms with E-state index in [-0.39, 0.29) is 11.5 Å². The Hall–Kier alpha value is -3.61. The van der Waals surface area contributed by atoms with E-state index >= 15 is 0 Å². The van der Waals surface area contributed by atoms with Gasteiger partial charge in [-0.25, -0.2) is 4.79 Å². The van der Waals surface area contributed by atoms with Crippen LogP contribution in [0.3, 0.4) is 0 Å². The van der Waals surface area contributed by atoms with E-state index in [1.54, 1.807) is 49.4 Å². The summed E-state index contributed by atoms with van der Waals surface area (Å²) >= 11 is 0. The molecule has 0 bridgehead atoms. The van der Waals surface area contributed by atoms with E-state index in [1.807, 2.05) is 6.92 Å². The van der Waals surface area contributed by atoms with Crippen molar-refractivity contribution in [2.24, 2.45) is 0 Å². The van der Waals surface area contributed by atoms with E-state index in [9.17, 15) is 14.4 Å². The summed E-state index contributed by atoms with van der Waals surface area (Å²) in [5, 5.41) is 3.32. The molecule has 2 aromatic carbocycles. The lowest BCUT2D eigenvalue weighted by atomic mass is 10.1.